The van der Waals surface area contributed by atoms with Crippen LogP contribution >= 0.6 is 0 Å². The van der Waals surface area contributed by atoms with E-state index in [9.17, 15) is 24.1 Å². The fourth-order valence-electron chi connectivity index (χ4n) is 2.48. The lowest BCUT2D eigenvalue weighted by atomic mass is 10.1. The van der Waals surface area contributed by atoms with Crippen LogP contribution in [0.4, 0.5) is 15.8 Å². The fourth-order valence-corrected chi connectivity index (χ4v) is 2.48. The Morgan fingerprint density at radius 1 is 1.14 bits per heavy atom. The molecule has 0 fully saturated rings. The Labute approximate surface area is 165 Å². The maximum atomic E-state index is 13.6. The maximum absolute atomic E-state index is 13.6. The van der Waals surface area contributed by atoms with E-state index in [1.807, 2.05) is 0 Å². The van der Waals surface area contributed by atoms with Gasteiger partial charge in [0, 0.05) is 17.8 Å². The lowest BCUT2D eigenvalue weighted by molar-refractivity contribution is -0.385. The molecule has 9 nitrogen and oxygen atoms in total. The van der Waals surface area contributed by atoms with Crippen LogP contribution in [-0.2, 0) is 20.7 Å². The van der Waals surface area contributed by atoms with Crippen molar-refractivity contribution in [3.05, 3.63) is 57.4 Å². The number of benzene rings is 2. The van der Waals surface area contributed by atoms with Gasteiger partial charge in [-0.25, -0.2) is 4.39 Å². The molecule has 0 bridgehead atoms. The smallest absolute Gasteiger partial charge is 0.311 e. The van der Waals surface area contributed by atoms with Gasteiger partial charge in [0.25, 0.3) is 5.91 Å². The first-order valence-corrected chi connectivity index (χ1v) is 8.36. The second kappa shape index (κ2) is 9.49. The van der Waals surface area contributed by atoms with Crippen LogP contribution in [0.1, 0.15) is 11.1 Å². The van der Waals surface area contributed by atoms with Crippen LogP contribution < -0.4 is 14.8 Å². The van der Waals surface area contributed by atoms with Gasteiger partial charge >= 0.3 is 11.7 Å². The second-order valence-corrected chi connectivity index (χ2v) is 5.95. The molecule has 2 aromatic carbocycles. The van der Waals surface area contributed by atoms with Crippen LogP contribution in [0, 0.1) is 22.9 Å². The Balaban J connectivity index is 1.95. The quantitative estimate of drug-likeness (QED) is 0.407. The van der Waals surface area contributed by atoms with Crippen molar-refractivity contribution >= 4 is 23.3 Å². The van der Waals surface area contributed by atoms with Crippen molar-refractivity contribution in [2.75, 3.05) is 26.1 Å². The van der Waals surface area contributed by atoms with E-state index < -0.39 is 29.2 Å². The predicted molar refractivity (Wildman–Crippen MR) is 101 cm³/mol. The summed E-state index contributed by atoms with van der Waals surface area (Å²) in [4.78, 5) is 34.3. The summed E-state index contributed by atoms with van der Waals surface area (Å²) in [6.45, 7) is 1.00. The van der Waals surface area contributed by atoms with E-state index in [0.29, 0.717) is 11.1 Å². The summed E-state index contributed by atoms with van der Waals surface area (Å²) in [6, 6.07) is 6.61. The average Bonchev–Trinajstić information content (AvgIpc) is 2.67. The predicted octanol–water partition coefficient (Wildman–Crippen LogP) is 2.78. The summed E-state index contributed by atoms with van der Waals surface area (Å²) in [7, 11) is 2.60. The second-order valence-electron chi connectivity index (χ2n) is 5.95. The Bertz CT molecular complexity index is 946. The van der Waals surface area contributed by atoms with Crippen molar-refractivity contribution in [1.29, 1.82) is 0 Å². The number of carbonyl (C=O) groups excluding carboxylic acids is 2. The standard InChI is InChI=1S/C19H19FN2O7/c1-11-6-15(22(25)26)17(28-3)9-14(11)21-18(23)10-29-19(24)8-12-4-5-16(27-2)13(20)7-12/h4-7,9H,8,10H2,1-3H3,(H,21,23). The topological polar surface area (TPSA) is 117 Å². The number of ether oxygens (including phenoxy) is 3. The number of nitrogens with zero attached hydrogens (tertiary/aromatic N) is 1. The molecule has 2 aromatic rings. The van der Waals surface area contributed by atoms with Crippen molar-refractivity contribution < 1.29 is 33.1 Å². The molecule has 0 atom stereocenters. The monoisotopic (exact) mass is 406 g/mol. The number of nitro groups is 1. The third kappa shape index (κ3) is 5.64. The number of hydrogen-bond acceptors (Lipinski definition) is 7. The number of methoxy groups -OCH3 is 2. The van der Waals surface area contributed by atoms with Gasteiger partial charge in [-0.05, 0) is 30.2 Å². The van der Waals surface area contributed by atoms with Crippen molar-refractivity contribution in [3.63, 3.8) is 0 Å². The minimum atomic E-state index is -0.720. The third-order valence-electron chi connectivity index (χ3n) is 3.93. The lowest BCUT2D eigenvalue weighted by Gasteiger charge is -2.11. The molecule has 10 heteroatoms. The molecular formula is C19H19FN2O7. The highest BCUT2D eigenvalue weighted by Gasteiger charge is 2.19. The highest BCUT2D eigenvalue weighted by Crippen LogP contribution is 2.32. The normalized spacial score (nSPS) is 10.2. The Morgan fingerprint density at radius 2 is 1.83 bits per heavy atom. The largest absolute Gasteiger partial charge is 0.494 e. The molecule has 1 N–H and O–H groups in total. The number of anilines is 1. The number of aryl methyl sites for hydroxylation is 1. The van der Waals surface area contributed by atoms with Crippen molar-refractivity contribution in [2.45, 2.75) is 13.3 Å². The molecule has 154 valence electrons. The van der Waals surface area contributed by atoms with Gasteiger partial charge in [0.05, 0.1) is 25.6 Å². The molecule has 29 heavy (non-hydrogen) atoms. The SMILES string of the molecule is COc1ccc(CC(=O)OCC(=O)Nc2cc(OC)c([N+](=O)[O-])cc2C)cc1F. The highest BCUT2D eigenvalue weighted by molar-refractivity contribution is 5.94. The van der Waals surface area contributed by atoms with Gasteiger partial charge in [0.1, 0.15) is 0 Å². The van der Waals surface area contributed by atoms with Gasteiger partial charge < -0.3 is 19.5 Å². The number of hydrogen-bond donors (Lipinski definition) is 1. The van der Waals surface area contributed by atoms with E-state index >= 15 is 0 Å². The van der Waals surface area contributed by atoms with Crippen LogP contribution in [0.2, 0.25) is 0 Å². The number of rotatable bonds is 8. The number of nitro benzene ring substituents is 1. The molecule has 0 spiro atoms. The van der Waals surface area contributed by atoms with Crippen molar-refractivity contribution in [2.24, 2.45) is 0 Å². The van der Waals surface area contributed by atoms with Gasteiger partial charge in [0.2, 0.25) is 0 Å². The molecule has 0 unspecified atom stereocenters. The number of halogens is 1. The number of amides is 1. The minimum Gasteiger partial charge on any atom is -0.494 e. The zero-order valence-electron chi connectivity index (χ0n) is 16.0. The molecule has 0 radical (unpaired) electrons. The van der Waals surface area contributed by atoms with Gasteiger partial charge in [-0.3, -0.25) is 19.7 Å². The van der Waals surface area contributed by atoms with E-state index in [0.717, 1.165) is 6.07 Å². The molecule has 1 amide bonds. The van der Waals surface area contributed by atoms with Crippen LogP contribution in [-0.4, -0.2) is 37.6 Å². The molecule has 0 aromatic heterocycles. The summed E-state index contributed by atoms with van der Waals surface area (Å²) in [5, 5.41) is 13.5. The van der Waals surface area contributed by atoms with Crippen LogP contribution in [0.3, 0.4) is 0 Å². The molecular weight excluding hydrogens is 387 g/mol. The first-order valence-electron chi connectivity index (χ1n) is 8.36. The summed E-state index contributed by atoms with van der Waals surface area (Å²) < 4.78 is 28.3. The Hall–Kier alpha value is -3.69. The zero-order chi connectivity index (χ0) is 21.6. The number of esters is 1. The maximum Gasteiger partial charge on any atom is 0.311 e. The molecule has 0 heterocycles. The fraction of sp³-hybridized carbons (Fsp3) is 0.263. The van der Waals surface area contributed by atoms with Gasteiger partial charge in [0.15, 0.2) is 23.9 Å². The molecule has 0 aliphatic heterocycles. The first-order chi connectivity index (χ1) is 13.7. The number of carbonyl (C=O) groups is 2. The van der Waals surface area contributed by atoms with Gasteiger partial charge in [-0.1, -0.05) is 6.07 Å². The minimum absolute atomic E-state index is 0.0190. The third-order valence-corrected chi connectivity index (χ3v) is 3.93. The Morgan fingerprint density at radius 3 is 2.41 bits per heavy atom. The Kier molecular flexibility index (Phi) is 7.07. The summed E-state index contributed by atoms with van der Waals surface area (Å²) in [6.07, 6.45) is -0.224. The highest BCUT2D eigenvalue weighted by atomic mass is 19.1. The average molecular weight is 406 g/mol. The summed E-state index contributed by atoms with van der Waals surface area (Å²) in [5.41, 5.74) is 0.849. The van der Waals surface area contributed by atoms with E-state index in [1.165, 1.54) is 38.5 Å². The molecule has 0 saturated carbocycles. The van der Waals surface area contributed by atoms with Crippen LogP contribution in [0.25, 0.3) is 0 Å². The molecule has 0 saturated heterocycles. The zero-order valence-corrected chi connectivity index (χ0v) is 16.0. The molecule has 0 aliphatic carbocycles. The number of nitrogens with one attached hydrogen (secondary N) is 1. The van der Waals surface area contributed by atoms with Crippen molar-refractivity contribution in [1.82, 2.24) is 0 Å². The summed E-state index contributed by atoms with van der Waals surface area (Å²) >= 11 is 0. The van der Waals surface area contributed by atoms with Gasteiger partial charge in [-0.2, -0.15) is 0 Å². The molecule has 2 rings (SSSR count). The van der Waals surface area contributed by atoms with Crippen molar-refractivity contribution in [3.8, 4) is 11.5 Å². The lowest BCUT2D eigenvalue weighted by Crippen LogP contribution is -2.22. The van der Waals surface area contributed by atoms with E-state index in [2.05, 4.69) is 5.32 Å². The van der Waals surface area contributed by atoms with E-state index in [4.69, 9.17) is 14.2 Å². The summed E-state index contributed by atoms with van der Waals surface area (Å²) in [5.74, 6) is -1.94. The first kappa shape index (κ1) is 21.6. The molecule has 0 aliphatic rings. The van der Waals surface area contributed by atoms with E-state index in [-0.39, 0.29) is 29.3 Å². The van der Waals surface area contributed by atoms with E-state index in [1.54, 1.807) is 6.92 Å². The van der Waals surface area contributed by atoms with Gasteiger partial charge in [-0.15, -0.1) is 0 Å². The van der Waals surface area contributed by atoms with Crippen LogP contribution in [0.5, 0.6) is 11.5 Å². The van der Waals surface area contributed by atoms with Crippen LogP contribution in [0.15, 0.2) is 30.3 Å².